The van der Waals surface area contributed by atoms with Gasteiger partial charge in [0.05, 0.1) is 5.66 Å². The molecule has 1 saturated carbocycles. The standard InChI is InChI=1S/C19H31ClN2/c1-6-15-13-18(12-7-14(15)2)21-19(3,22(4)5)16-8-10-17(20)11-9-16/h8-11,14-15,18,21H,6-7,12-13H2,1-5H3. The first-order valence-electron chi connectivity index (χ1n) is 8.58. The molecule has 0 aromatic heterocycles. The van der Waals surface area contributed by atoms with Crippen LogP contribution in [0.2, 0.25) is 5.02 Å². The summed E-state index contributed by atoms with van der Waals surface area (Å²) in [6.07, 6.45) is 5.18. The maximum absolute atomic E-state index is 6.05. The highest BCUT2D eigenvalue weighted by atomic mass is 35.5. The van der Waals surface area contributed by atoms with Crippen molar-refractivity contribution in [3.8, 4) is 0 Å². The number of halogens is 1. The lowest BCUT2D eigenvalue weighted by atomic mass is 9.76. The highest BCUT2D eigenvalue weighted by Crippen LogP contribution is 2.34. The second kappa shape index (κ2) is 7.33. The molecule has 3 heteroatoms. The Morgan fingerprint density at radius 2 is 1.86 bits per heavy atom. The summed E-state index contributed by atoms with van der Waals surface area (Å²) in [5.41, 5.74) is 1.11. The molecule has 2 nitrogen and oxygen atoms in total. The number of hydrogen-bond acceptors (Lipinski definition) is 2. The molecule has 124 valence electrons. The summed E-state index contributed by atoms with van der Waals surface area (Å²) in [4.78, 5) is 2.27. The zero-order valence-electron chi connectivity index (χ0n) is 14.7. The third kappa shape index (κ3) is 3.84. The average Bonchev–Trinajstić information content (AvgIpc) is 2.49. The lowest BCUT2D eigenvalue weighted by molar-refractivity contribution is 0.0824. The van der Waals surface area contributed by atoms with Crippen LogP contribution in [-0.4, -0.2) is 25.0 Å². The molecule has 1 aromatic rings. The van der Waals surface area contributed by atoms with Crippen LogP contribution in [0.3, 0.4) is 0 Å². The molecule has 0 aliphatic heterocycles. The highest BCUT2D eigenvalue weighted by molar-refractivity contribution is 6.30. The Balaban J connectivity index is 2.16. The third-order valence-corrected chi connectivity index (χ3v) is 5.92. The van der Waals surface area contributed by atoms with Gasteiger partial charge in [-0.1, -0.05) is 44.0 Å². The molecule has 0 radical (unpaired) electrons. The van der Waals surface area contributed by atoms with E-state index < -0.39 is 0 Å². The Morgan fingerprint density at radius 3 is 2.41 bits per heavy atom. The monoisotopic (exact) mass is 322 g/mol. The molecule has 22 heavy (non-hydrogen) atoms. The fourth-order valence-electron chi connectivity index (χ4n) is 3.76. The Kier molecular flexibility index (Phi) is 5.93. The Morgan fingerprint density at radius 1 is 1.23 bits per heavy atom. The smallest absolute Gasteiger partial charge is 0.0943 e. The van der Waals surface area contributed by atoms with Gasteiger partial charge in [-0.2, -0.15) is 0 Å². The molecule has 1 fully saturated rings. The third-order valence-electron chi connectivity index (χ3n) is 5.67. The van der Waals surface area contributed by atoms with Gasteiger partial charge < -0.3 is 0 Å². The molecule has 2 rings (SSSR count). The second-order valence-corrected chi connectivity index (χ2v) is 7.71. The summed E-state index contributed by atoms with van der Waals surface area (Å²) in [7, 11) is 4.29. The van der Waals surface area contributed by atoms with Crippen molar-refractivity contribution in [1.29, 1.82) is 0 Å². The molecule has 1 aromatic carbocycles. The van der Waals surface area contributed by atoms with Crippen LogP contribution < -0.4 is 5.32 Å². The summed E-state index contributed by atoms with van der Waals surface area (Å²) < 4.78 is 0. The molecule has 4 unspecified atom stereocenters. The topological polar surface area (TPSA) is 15.3 Å². The molecule has 1 aliphatic carbocycles. The molecular weight excluding hydrogens is 292 g/mol. The fourth-order valence-corrected chi connectivity index (χ4v) is 3.88. The van der Waals surface area contributed by atoms with E-state index in [4.69, 9.17) is 11.6 Å². The van der Waals surface area contributed by atoms with Gasteiger partial charge in [0.25, 0.3) is 0 Å². The van der Waals surface area contributed by atoms with Crippen molar-refractivity contribution in [2.75, 3.05) is 14.1 Å². The number of rotatable bonds is 5. The van der Waals surface area contributed by atoms with Gasteiger partial charge in [0.2, 0.25) is 0 Å². The van der Waals surface area contributed by atoms with Gasteiger partial charge in [0, 0.05) is 11.1 Å². The van der Waals surface area contributed by atoms with E-state index in [-0.39, 0.29) is 5.66 Å². The summed E-state index contributed by atoms with van der Waals surface area (Å²) in [5, 5.41) is 4.73. The van der Waals surface area contributed by atoms with Crippen LogP contribution >= 0.6 is 11.6 Å². The molecule has 0 amide bonds. The fraction of sp³-hybridized carbons (Fsp3) is 0.684. The molecule has 0 spiro atoms. The minimum atomic E-state index is -0.159. The first kappa shape index (κ1) is 17.8. The average molecular weight is 323 g/mol. The zero-order chi connectivity index (χ0) is 16.3. The lowest BCUT2D eigenvalue weighted by Crippen LogP contribution is -2.55. The van der Waals surface area contributed by atoms with Gasteiger partial charge in [-0.3, -0.25) is 10.2 Å². The van der Waals surface area contributed by atoms with Gasteiger partial charge in [-0.05, 0) is 69.8 Å². The van der Waals surface area contributed by atoms with E-state index in [9.17, 15) is 0 Å². The number of benzene rings is 1. The molecule has 1 aliphatic rings. The Hall–Kier alpha value is -0.570. The minimum Gasteiger partial charge on any atom is -0.293 e. The predicted octanol–water partition coefficient (Wildman–Crippen LogP) is 4.88. The van der Waals surface area contributed by atoms with Gasteiger partial charge >= 0.3 is 0 Å². The van der Waals surface area contributed by atoms with E-state index in [2.05, 4.69) is 57.2 Å². The Labute approximate surface area is 141 Å². The molecule has 0 bridgehead atoms. The van der Waals surface area contributed by atoms with E-state index in [0.29, 0.717) is 6.04 Å². The number of nitrogens with zero attached hydrogens (tertiary/aromatic N) is 1. The molecule has 4 atom stereocenters. The van der Waals surface area contributed by atoms with Crippen molar-refractivity contribution in [1.82, 2.24) is 10.2 Å². The highest BCUT2D eigenvalue weighted by Gasteiger charge is 2.34. The quantitative estimate of drug-likeness (QED) is 0.777. The van der Waals surface area contributed by atoms with Gasteiger partial charge in [-0.15, -0.1) is 0 Å². The van der Waals surface area contributed by atoms with E-state index in [1.54, 1.807) is 0 Å². The predicted molar refractivity (Wildman–Crippen MR) is 96.2 cm³/mol. The van der Waals surface area contributed by atoms with Crippen molar-refractivity contribution >= 4 is 11.6 Å². The zero-order valence-corrected chi connectivity index (χ0v) is 15.5. The van der Waals surface area contributed by atoms with Gasteiger partial charge in [-0.25, -0.2) is 0 Å². The van der Waals surface area contributed by atoms with Crippen molar-refractivity contribution in [2.24, 2.45) is 11.8 Å². The SMILES string of the molecule is CCC1CC(NC(C)(c2ccc(Cl)cc2)N(C)C)CCC1C. The largest absolute Gasteiger partial charge is 0.293 e. The van der Waals surface area contributed by atoms with Gasteiger partial charge in [0.15, 0.2) is 0 Å². The summed E-state index contributed by atoms with van der Waals surface area (Å²) >= 11 is 6.05. The van der Waals surface area contributed by atoms with Crippen molar-refractivity contribution in [3.63, 3.8) is 0 Å². The first-order chi connectivity index (χ1) is 10.4. The van der Waals surface area contributed by atoms with E-state index >= 15 is 0 Å². The maximum atomic E-state index is 6.05. The summed E-state index contributed by atoms with van der Waals surface area (Å²) in [6.45, 7) is 7.01. The number of nitrogens with one attached hydrogen (secondary N) is 1. The van der Waals surface area contributed by atoms with Crippen LogP contribution in [0.5, 0.6) is 0 Å². The van der Waals surface area contributed by atoms with Crippen molar-refractivity contribution < 1.29 is 0 Å². The number of hydrogen-bond donors (Lipinski definition) is 1. The van der Waals surface area contributed by atoms with Crippen LogP contribution in [-0.2, 0) is 5.66 Å². The summed E-state index contributed by atoms with van der Waals surface area (Å²) in [5.74, 6) is 1.71. The lowest BCUT2D eigenvalue weighted by Gasteiger charge is -2.44. The second-order valence-electron chi connectivity index (χ2n) is 7.27. The van der Waals surface area contributed by atoms with Crippen LogP contribution in [0.15, 0.2) is 24.3 Å². The van der Waals surface area contributed by atoms with E-state index in [1.165, 1.54) is 31.2 Å². The van der Waals surface area contributed by atoms with Crippen LogP contribution in [0.1, 0.15) is 52.0 Å². The first-order valence-corrected chi connectivity index (χ1v) is 8.95. The van der Waals surface area contributed by atoms with Crippen molar-refractivity contribution in [3.05, 3.63) is 34.9 Å². The van der Waals surface area contributed by atoms with E-state index in [0.717, 1.165) is 16.9 Å². The normalized spacial score (nSPS) is 28.6. The minimum absolute atomic E-state index is 0.159. The molecule has 1 N–H and O–H groups in total. The Bertz CT molecular complexity index is 471. The maximum Gasteiger partial charge on any atom is 0.0943 e. The van der Waals surface area contributed by atoms with Crippen LogP contribution in [0, 0.1) is 11.8 Å². The molecule has 0 saturated heterocycles. The van der Waals surface area contributed by atoms with Crippen LogP contribution in [0.4, 0.5) is 0 Å². The van der Waals surface area contributed by atoms with E-state index in [1.807, 2.05) is 12.1 Å². The molecular formula is C19H31ClN2. The van der Waals surface area contributed by atoms with Gasteiger partial charge in [0.1, 0.15) is 0 Å². The summed E-state index contributed by atoms with van der Waals surface area (Å²) in [6, 6.07) is 8.83. The van der Waals surface area contributed by atoms with Crippen LogP contribution in [0.25, 0.3) is 0 Å². The molecule has 0 heterocycles. The van der Waals surface area contributed by atoms with Crippen molar-refractivity contribution in [2.45, 2.75) is 58.2 Å².